The number of aromatic nitrogens is 3. The van der Waals surface area contributed by atoms with Gasteiger partial charge in [0.25, 0.3) is 0 Å². The molecule has 0 saturated heterocycles. The smallest absolute Gasteiger partial charge is 0.163 e. The molecule has 0 radical (unpaired) electrons. The Morgan fingerprint density at radius 1 is 1.05 bits per heavy atom. The van der Waals surface area contributed by atoms with Crippen LogP contribution in [0.15, 0.2) is 24.3 Å². The predicted octanol–water partition coefficient (Wildman–Crippen LogP) is 2.47. The topological polar surface area (TPSA) is 64.7 Å². The lowest BCUT2D eigenvalue weighted by Crippen LogP contribution is -2.09. The van der Waals surface area contributed by atoms with Crippen molar-refractivity contribution in [3.8, 4) is 11.4 Å². The van der Waals surface area contributed by atoms with Crippen LogP contribution in [0.2, 0.25) is 0 Å². The third kappa shape index (κ3) is 3.35. The molecule has 0 fully saturated rings. The summed E-state index contributed by atoms with van der Waals surface area (Å²) in [5.41, 5.74) is 7.89. The molecule has 0 amide bonds. The quantitative estimate of drug-likeness (QED) is 0.912. The summed E-state index contributed by atoms with van der Waals surface area (Å²) in [4.78, 5) is 13.2. The minimum Gasteiger partial charge on any atom is -0.330 e. The molecule has 0 saturated carbocycles. The van der Waals surface area contributed by atoms with Gasteiger partial charge in [0.1, 0.15) is 11.6 Å². The fourth-order valence-electron chi connectivity index (χ4n) is 1.92. The molecule has 4 nitrogen and oxygen atoms in total. The van der Waals surface area contributed by atoms with Gasteiger partial charge in [-0.3, -0.25) is 0 Å². The summed E-state index contributed by atoms with van der Waals surface area (Å²) in [5, 5.41) is 0. The molecule has 0 spiro atoms. The molecule has 0 aliphatic heterocycles. The molecule has 0 bridgehead atoms. The van der Waals surface area contributed by atoms with Gasteiger partial charge in [-0.15, -0.1) is 0 Å². The van der Waals surface area contributed by atoms with Gasteiger partial charge in [-0.05, 0) is 24.9 Å². The Labute approximate surface area is 114 Å². The summed E-state index contributed by atoms with van der Waals surface area (Å²) in [6, 6.07) is 8.39. The standard InChI is InChI=1S/C15H20N4/c1-10(2)12-4-6-13(7-5-12)15-18-11(3)17-14(19-15)8-9-16/h4-7,10H,8-9,16H2,1-3H3. The second-order valence-corrected chi connectivity index (χ2v) is 4.94. The van der Waals surface area contributed by atoms with Crippen LogP contribution in [0.25, 0.3) is 11.4 Å². The minimum absolute atomic E-state index is 0.530. The van der Waals surface area contributed by atoms with Crippen LogP contribution in [0, 0.1) is 6.92 Å². The lowest BCUT2D eigenvalue weighted by molar-refractivity contribution is 0.827. The first-order valence-electron chi connectivity index (χ1n) is 6.62. The van der Waals surface area contributed by atoms with Gasteiger partial charge in [0.2, 0.25) is 0 Å². The van der Waals surface area contributed by atoms with Crippen molar-refractivity contribution in [1.29, 1.82) is 0 Å². The second-order valence-electron chi connectivity index (χ2n) is 4.94. The van der Waals surface area contributed by atoms with Crippen molar-refractivity contribution >= 4 is 0 Å². The molecule has 0 unspecified atom stereocenters. The van der Waals surface area contributed by atoms with Crippen LogP contribution in [0.5, 0.6) is 0 Å². The fourth-order valence-corrected chi connectivity index (χ4v) is 1.92. The highest BCUT2D eigenvalue weighted by Gasteiger charge is 2.07. The molecular weight excluding hydrogens is 236 g/mol. The number of nitrogens with two attached hydrogens (primary N) is 1. The van der Waals surface area contributed by atoms with Crippen molar-refractivity contribution in [3.63, 3.8) is 0 Å². The Kier molecular flexibility index (Phi) is 4.22. The Balaban J connectivity index is 2.35. The van der Waals surface area contributed by atoms with Gasteiger partial charge in [-0.25, -0.2) is 15.0 Å². The van der Waals surface area contributed by atoms with Crippen LogP contribution in [0.4, 0.5) is 0 Å². The van der Waals surface area contributed by atoms with Gasteiger partial charge < -0.3 is 5.73 Å². The second kappa shape index (κ2) is 5.89. The number of benzene rings is 1. The lowest BCUT2D eigenvalue weighted by atomic mass is 10.0. The van der Waals surface area contributed by atoms with E-state index < -0.39 is 0 Å². The molecule has 2 N–H and O–H groups in total. The highest BCUT2D eigenvalue weighted by atomic mass is 15.0. The zero-order valence-corrected chi connectivity index (χ0v) is 11.7. The van der Waals surface area contributed by atoms with E-state index in [0.29, 0.717) is 18.9 Å². The van der Waals surface area contributed by atoms with Crippen molar-refractivity contribution in [3.05, 3.63) is 41.5 Å². The van der Waals surface area contributed by atoms with Gasteiger partial charge in [0, 0.05) is 12.0 Å². The molecule has 2 rings (SSSR count). The van der Waals surface area contributed by atoms with Gasteiger partial charge in [-0.2, -0.15) is 0 Å². The maximum absolute atomic E-state index is 5.55. The number of hydrogen-bond donors (Lipinski definition) is 1. The van der Waals surface area contributed by atoms with Crippen LogP contribution in [0.3, 0.4) is 0 Å². The van der Waals surface area contributed by atoms with Crippen LogP contribution in [-0.2, 0) is 6.42 Å². The van der Waals surface area contributed by atoms with Gasteiger partial charge in [0.05, 0.1) is 0 Å². The van der Waals surface area contributed by atoms with E-state index in [1.807, 2.05) is 6.92 Å². The molecule has 0 aliphatic rings. The molecule has 2 aromatic rings. The Bertz CT molecular complexity index is 547. The van der Waals surface area contributed by atoms with Crippen LogP contribution >= 0.6 is 0 Å². The maximum atomic E-state index is 5.55. The molecule has 0 atom stereocenters. The average molecular weight is 256 g/mol. The molecule has 0 aliphatic carbocycles. The molecule has 1 aromatic heterocycles. The largest absolute Gasteiger partial charge is 0.330 e. The van der Waals surface area contributed by atoms with Gasteiger partial charge >= 0.3 is 0 Å². The van der Waals surface area contributed by atoms with E-state index >= 15 is 0 Å². The first-order chi connectivity index (χ1) is 9.10. The number of rotatable bonds is 4. The molecule has 100 valence electrons. The molecule has 4 heteroatoms. The third-order valence-corrected chi connectivity index (χ3v) is 3.00. The van der Waals surface area contributed by atoms with Crippen molar-refractivity contribution < 1.29 is 0 Å². The molecule has 1 aromatic carbocycles. The van der Waals surface area contributed by atoms with Crippen LogP contribution < -0.4 is 5.73 Å². The normalized spacial score (nSPS) is 11.0. The van der Waals surface area contributed by atoms with Crippen molar-refractivity contribution in [1.82, 2.24) is 15.0 Å². The Morgan fingerprint density at radius 3 is 2.32 bits per heavy atom. The van der Waals surface area contributed by atoms with Crippen LogP contribution in [-0.4, -0.2) is 21.5 Å². The third-order valence-electron chi connectivity index (χ3n) is 3.00. The number of hydrogen-bond acceptors (Lipinski definition) is 4. The van der Waals surface area contributed by atoms with Crippen molar-refractivity contribution in [2.75, 3.05) is 6.54 Å². The zero-order valence-electron chi connectivity index (χ0n) is 11.7. The maximum Gasteiger partial charge on any atom is 0.163 e. The van der Waals surface area contributed by atoms with E-state index in [9.17, 15) is 0 Å². The summed E-state index contributed by atoms with van der Waals surface area (Å²) in [6.45, 7) is 6.80. The summed E-state index contributed by atoms with van der Waals surface area (Å²) in [7, 11) is 0. The number of nitrogens with zero attached hydrogens (tertiary/aromatic N) is 3. The van der Waals surface area contributed by atoms with Gasteiger partial charge in [-0.1, -0.05) is 38.1 Å². The average Bonchev–Trinajstić information content (AvgIpc) is 2.38. The SMILES string of the molecule is Cc1nc(CCN)nc(-c2ccc(C(C)C)cc2)n1. The highest BCUT2D eigenvalue weighted by molar-refractivity contribution is 5.55. The van der Waals surface area contributed by atoms with E-state index in [1.165, 1.54) is 5.56 Å². The highest BCUT2D eigenvalue weighted by Crippen LogP contribution is 2.20. The molecule has 19 heavy (non-hydrogen) atoms. The minimum atomic E-state index is 0.530. The first kappa shape index (κ1) is 13.6. The van der Waals surface area contributed by atoms with Crippen LogP contribution in [0.1, 0.15) is 37.0 Å². The van der Waals surface area contributed by atoms with E-state index in [4.69, 9.17) is 5.73 Å². The number of aryl methyl sites for hydroxylation is 1. The Hall–Kier alpha value is -1.81. The van der Waals surface area contributed by atoms with E-state index in [0.717, 1.165) is 23.0 Å². The molecular formula is C15H20N4. The summed E-state index contributed by atoms with van der Waals surface area (Å²) in [5.74, 6) is 2.76. The fraction of sp³-hybridized carbons (Fsp3) is 0.400. The van der Waals surface area contributed by atoms with E-state index in [2.05, 4.69) is 53.1 Å². The zero-order chi connectivity index (χ0) is 13.8. The first-order valence-corrected chi connectivity index (χ1v) is 6.62. The van der Waals surface area contributed by atoms with Crippen molar-refractivity contribution in [2.45, 2.75) is 33.1 Å². The van der Waals surface area contributed by atoms with E-state index in [1.54, 1.807) is 0 Å². The predicted molar refractivity (Wildman–Crippen MR) is 76.8 cm³/mol. The summed E-state index contributed by atoms with van der Waals surface area (Å²) >= 11 is 0. The molecule has 1 heterocycles. The lowest BCUT2D eigenvalue weighted by Gasteiger charge is -2.07. The monoisotopic (exact) mass is 256 g/mol. The summed E-state index contributed by atoms with van der Waals surface area (Å²) < 4.78 is 0. The van der Waals surface area contributed by atoms with Gasteiger partial charge in [0.15, 0.2) is 5.82 Å². The summed E-state index contributed by atoms with van der Waals surface area (Å²) in [6.07, 6.45) is 0.681. The Morgan fingerprint density at radius 2 is 1.74 bits per heavy atom. The van der Waals surface area contributed by atoms with Crippen molar-refractivity contribution in [2.24, 2.45) is 5.73 Å². The van der Waals surface area contributed by atoms with E-state index in [-0.39, 0.29) is 0 Å².